The van der Waals surface area contributed by atoms with E-state index in [4.69, 9.17) is 0 Å². The van der Waals surface area contributed by atoms with Crippen LogP contribution in [0.25, 0.3) is 0 Å². The summed E-state index contributed by atoms with van der Waals surface area (Å²) < 4.78 is 20.6. The highest BCUT2D eigenvalue weighted by Crippen LogP contribution is 1.89. The second-order valence-corrected chi connectivity index (χ2v) is 2.33. The molecule has 0 aliphatic rings. The van der Waals surface area contributed by atoms with Crippen LogP contribution in [0.3, 0.4) is 0 Å². The monoisotopic (exact) mass is 250 g/mol. The van der Waals surface area contributed by atoms with Gasteiger partial charge in [-0.1, -0.05) is 0 Å². The molecule has 96 valence electrons. The highest BCUT2D eigenvalue weighted by atomic mass is 16.7. The van der Waals surface area contributed by atoms with Crippen molar-refractivity contribution in [3.63, 3.8) is 0 Å². The normalized spacial score (nSPS) is 8.82. The van der Waals surface area contributed by atoms with Crippen molar-refractivity contribution in [2.24, 2.45) is 0 Å². The molecular weight excluding hydrogens is 240 g/mol. The van der Waals surface area contributed by atoms with E-state index in [0.717, 1.165) is 14.2 Å². The molecule has 0 spiro atoms. The van der Waals surface area contributed by atoms with Crippen LogP contribution in [-0.4, -0.2) is 51.7 Å². The molecule has 0 bridgehead atoms. The van der Waals surface area contributed by atoms with Gasteiger partial charge in [0.2, 0.25) is 0 Å². The Morgan fingerprint density at radius 3 is 1.41 bits per heavy atom. The zero-order valence-corrected chi connectivity index (χ0v) is 9.09. The van der Waals surface area contributed by atoms with Gasteiger partial charge in [0.25, 0.3) is 0 Å². The van der Waals surface area contributed by atoms with Crippen LogP contribution in [0.2, 0.25) is 0 Å². The third kappa shape index (κ3) is 7.59. The lowest BCUT2D eigenvalue weighted by Gasteiger charge is -2.04. The van der Waals surface area contributed by atoms with Gasteiger partial charge in [-0.05, 0) is 0 Å². The molecule has 9 heteroatoms. The molecule has 0 aliphatic heterocycles. The van der Waals surface area contributed by atoms with E-state index in [2.05, 4.69) is 23.7 Å². The maximum atomic E-state index is 10.8. The zero-order valence-electron chi connectivity index (χ0n) is 9.09. The molecule has 0 aromatic heterocycles. The van der Waals surface area contributed by atoms with E-state index in [1.54, 1.807) is 0 Å². The van der Waals surface area contributed by atoms with E-state index in [1.165, 1.54) is 0 Å². The average Bonchev–Trinajstić information content (AvgIpc) is 2.32. The minimum atomic E-state index is -1.13. The van der Waals surface area contributed by atoms with Crippen LogP contribution in [0.15, 0.2) is 0 Å². The predicted octanol–water partition coefficient (Wildman–Crippen LogP) is -0.378. The van der Waals surface area contributed by atoms with Crippen LogP contribution in [0.4, 0.5) is 9.59 Å². The number of hydrogen-bond acceptors (Lipinski definition) is 9. The summed E-state index contributed by atoms with van der Waals surface area (Å²) in [6, 6.07) is 0. The highest BCUT2D eigenvalue weighted by Gasteiger charge is 2.15. The molecule has 0 aromatic carbocycles. The van der Waals surface area contributed by atoms with Crippen molar-refractivity contribution in [3.8, 4) is 0 Å². The highest BCUT2D eigenvalue weighted by molar-refractivity contribution is 5.87. The summed E-state index contributed by atoms with van der Waals surface area (Å²) in [6.45, 7) is -1.59. The van der Waals surface area contributed by atoms with E-state index in [0.29, 0.717) is 0 Å². The Hall–Kier alpha value is -2.32. The fraction of sp³-hybridized carbons (Fsp3) is 0.500. The number of carbonyl (C=O) groups is 4. The lowest BCUT2D eigenvalue weighted by atomic mass is 10.7. The Bertz CT molecular complexity index is 278. The summed E-state index contributed by atoms with van der Waals surface area (Å²) in [5, 5.41) is 0. The van der Waals surface area contributed by atoms with Crippen LogP contribution in [0.1, 0.15) is 0 Å². The molecule has 0 unspecified atom stereocenters. The van der Waals surface area contributed by atoms with Crippen molar-refractivity contribution in [1.82, 2.24) is 0 Å². The third-order valence-corrected chi connectivity index (χ3v) is 1.18. The van der Waals surface area contributed by atoms with E-state index in [1.807, 2.05) is 0 Å². The standard InChI is InChI=1S/C8H10O9/c1-13-7(11)15-3-5(9)17-6(10)4-16-8(12)14-2/h3-4H2,1-2H3. The van der Waals surface area contributed by atoms with Gasteiger partial charge in [-0.2, -0.15) is 0 Å². The first-order chi connectivity index (χ1) is 7.99. The van der Waals surface area contributed by atoms with Crippen molar-refractivity contribution >= 4 is 24.2 Å². The number of carbonyl (C=O) groups excluding carboxylic acids is 4. The number of hydrogen-bond donors (Lipinski definition) is 0. The molecule has 0 saturated heterocycles. The summed E-state index contributed by atoms with van der Waals surface area (Å²) in [6.07, 6.45) is -2.19. The maximum Gasteiger partial charge on any atom is 0.508 e. The van der Waals surface area contributed by atoms with Crippen molar-refractivity contribution in [2.45, 2.75) is 0 Å². The minimum absolute atomic E-state index is 0.795. The molecule has 0 amide bonds. The van der Waals surface area contributed by atoms with Crippen molar-refractivity contribution in [1.29, 1.82) is 0 Å². The van der Waals surface area contributed by atoms with Crippen molar-refractivity contribution in [3.05, 3.63) is 0 Å². The van der Waals surface area contributed by atoms with Gasteiger partial charge in [0.05, 0.1) is 14.2 Å². The topological polar surface area (TPSA) is 114 Å². The molecule has 0 saturated carbocycles. The molecule has 17 heavy (non-hydrogen) atoms. The molecule has 0 rings (SSSR count). The fourth-order valence-corrected chi connectivity index (χ4v) is 0.539. The Kier molecular flexibility index (Phi) is 6.83. The van der Waals surface area contributed by atoms with E-state index in [-0.39, 0.29) is 0 Å². The van der Waals surface area contributed by atoms with Gasteiger partial charge in [0.15, 0.2) is 13.2 Å². The van der Waals surface area contributed by atoms with Gasteiger partial charge < -0.3 is 23.7 Å². The van der Waals surface area contributed by atoms with Crippen LogP contribution in [0.5, 0.6) is 0 Å². The Balaban J connectivity index is 3.77. The summed E-state index contributed by atoms with van der Waals surface area (Å²) in [7, 11) is 2.09. The van der Waals surface area contributed by atoms with E-state index >= 15 is 0 Å². The Morgan fingerprint density at radius 2 is 1.12 bits per heavy atom. The fourth-order valence-electron chi connectivity index (χ4n) is 0.539. The number of rotatable bonds is 4. The second kappa shape index (κ2) is 7.91. The first kappa shape index (κ1) is 14.7. The lowest BCUT2D eigenvalue weighted by Crippen LogP contribution is -2.23. The second-order valence-electron chi connectivity index (χ2n) is 2.33. The quantitative estimate of drug-likeness (QED) is 0.374. The smallest absolute Gasteiger partial charge is 0.438 e. The average molecular weight is 250 g/mol. The molecule has 0 radical (unpaired) electrons. The molecule has 0 aliphatic carbocycles. The lowest BCUT2D eigenvalue weighted by molar-refractivity contribution is -0.164. The van der Waals surface area contributed by atoms with Crippen LogP contribution in [-0.2, 0) is 33.3 Å². The molecular formula is C8H10O9. The SMILES string of the molecule is COC(=O)OCC(=O)OC(=O)COC(=O)OC. The van der Waals surface area contributed by atoms with Gasteiger partial charge in [0.1, 0.15) is 0 Å². The van der Waals surface area contributed by atoms with Gasteiger partial charge in [-0.15, -0.1) is 0 Å². The first-order valence-corrected chi connectivity index (χ1v) is 4.14. The summed E-state index contributed by atoms with van der Waals surface area (Å²) in [5.74, 6) is -2.26. The van der Waals surface area contributed by atoms with Gasteiger partial charge in [-0.3, -0.25) is 0 Å². The molecule has 0 heterocycles. The molecule has 0 aromatic rings. The Labute approximate surface area is 95.5 Å². The van der Waals surface area contributed by atoms with Gasteiger partial charge >= 0.3 is 24.2 Å². The van der Waals surface area contributed by atoms with Crippen molar-refractivity contribution < 1.29 is 42.9 Å². The summed E-state index contributed by atoms with van der Waals surface area (Å²) >= 11 is 0. The number of methoxy groups -OCH3 is 2. The summed E-state index contributed by atoms with van der Waals surface area (Å²) in [5.41, 5.74) is 0. The molecule has 0 N–H and O–H groups in total. The van der Waals surface area contributed by atoms with E-state index < -0.39 is 37.5 Å². The molecule has 0 fully saturated rings. The Morgan fingerprint density at radius 1 is 0.765 bits per heavy atom. The largest absolute Gasteiger partial charge is 0.508 e. The zero-order chi connectivity index (χ0) is 13.3. The van der Waals surface area contributed by atoms with Crippen LogP contribution >= 0.6 is 0 Å². The third-order valence-electron chi connectivity index (χ3n) is 1.18. The predicted molar refractivity (Wildman–Crippen MR) is 47.8 cm³/mol. The minimum Gasteiger partial charge on any atom is -0.438 e. The van der Waals surface area contributed by atoms with Gasteiger partial charge in [-0.25, -0.2) is 19.2 Å². The van der Waals surface area contributed by atoms with Crippen LogP contribution in [0, 0.1) is 0 Å². The molecule has 0 atom stereocenters. The number of ether oxygens (including phenoxy) is 5. The maximum absolute atomic E-state index is 10.8. The first-order valence-electron chi connectivity index (χ1n) is 4.14. The summed E-state index contributed by atoms with van der Waals surface area (Å²) in [4.78, 5) is 42.5. The van der Waals surface area contributed by atoms with E-state index in [9.17, 15) is 19.2 Å². The van der Waals surface area contributed by atoms with Crippen molar-refractivity contribution in [2.75, 3.05) is 27.4 Å². The van der Waals surface area contributed by atoms with Gasteiger partial charge in [0, 0.05) is 0 Å². The molecule has 9 nitrogen and oxygen atoms in total. The number of esters is 2. The van der Waals surface area contributed by atoms with Crippen LogP contribution < -0.4 is 0 Å².